The summed E-state index contributed by atoms with van der Waals surface area (Å²) in [7, 11) is 0. The lowest BCUT2D eigenvalue weighted by molar-refractivity contribution is 0.340. The Bertz CT molecular complexity index is 824. The summed E-state index contributed by atoms with van der Waals surface area (Å²) in [6, 6.07) is 9.91. The molecule has 1 aliphatic heterocycles. The van der Waals surface area contributed by atoms with E-state index < -0.39 is 0 Å². The van der Waals surface area contributed by atoms with E-state index in [9.17, 15) is 0 Å². The van der Waals surface area contributed by atoms with Crippen LogP contribution in [0.5, 0.6) is 0 Å². The van der Waals surface area contributed by atoms with Gasteiger partial charge >= 0.3 is 0 Å². The fourth-order valence-electron chi connectivity index (χ4n) is 2.84. The number of benzene rings is 1. The third-order valence-corrected chi connectivity index (χ3v) is 4.39. The van der Waals surface area contributed by atoms with Gasteiger partial charge in [0.1, 0.15) is 5.82 Å². The molecule has 0 unspecified atom stereocenters. The molecule has 0 radical (unpaired) electrons. The Labute approximate surface area is 138 Å². The maximum atomic E-state index is 6.00. The number of nitrogens with zero attached hydrogens (tertiary/aromatic N) is 4. The SMILES string of the molecule is Clc1ccc2nc(N3CC(Cn4cc(Cl)cn4)C3)ccc2c1. The van der Waals surface area contributed by atoms with Crippen molar-refractivity contribution >= 4 is 39.9 Å². The summed E-state index contributed by atoms with van der Waals surface area (Å²) >= 11 is 11.9. The Balaban J connectivity index is 1.45. The van der Waals surface area contributed by atoms with Gasteiger partial charge in [-0.3, -0.25) is 4.68 Å². The normalized spacial score (nSPS) is 15.3. The second kappa shape index (κ2) is 5.45. The van der Waals surface area contributed by atoms with E-state index in [1.807, 2.05) is 29.1 Å². The van der Waals surface area contributed by atoms with Crippen LogP contribution in [-0.2, 0) is 6.54 Å². The van der Waals surface area contributed by atoms with Crippen molar-refractivity contribution in [2.24, 2.45) is 5.92 Å². The maximum absolute atomic E-state index is 6.00. The number of halogens is 2. The first-order chi connectivity index (χ1) is 10.7. The zero-order valence-corrected chi connectivity index (χ0v) is 13.3. The largest absolute Gasteiger partial charge is 0.356 e. The van der Waals surface area contributed by atoms with Gasteiger partial charge in [0, 0.05) is 42.2 Å². The Morgan fingerprint density at radius 2 is 1.95 bits per heavy atom. The molecule has 3 heterocycles. The van der Waals surface area contributed by atoms with Crippen LogP contribution >= 0.6 is 23.2 Å². The summed E-state index contributed by atoms with van der Waals surface area (Å²) in [4.78, 5) is 6.99. The Morgan fingerprint density at radius 1 is 1.09 bits per heavy atom. The van der Waals surface area contributed by atoms with Crippen molar-refractivity contribution < 1.29 is 0 Å². The van der Waals surface area contributed by atoms with Crippen molar-refractivity contribution in [3.8, 4) is 0 Å². The van der Waals surface area contributed by atoms with Gasteiger partial charge in [0.05, 0.1) is 16.7 Å². The van der Waals surface area contributed by atoms with Crippen molar-refractivity contribution in [2.75, 3.05) is 18.0 Å². The van der Waals surface area contributed by atoms with Crippen LogP contribution in [0.25, 0.3) is 10.9 Å². The van der Waals surface area contributed by atoms with Gasteiger partial charge in [-0.15, -0.1) is 0 Å². The third kappa shape index (κ3) is 2.64. The number of aromatic nitrogens is 3. The van der Waals surface area contributed by atoms with Gasteiger partial charge < -0.3 is 4.90 Å². The van der Waals surface area contributed by atoms with Gasteiger partial charge in [-0.05, 0) is 30.3 Å². The average molecular weight is 333 g/mol. The van der Waals surface area contributed by atoms with Crippen LogP contribution in [0, 0.1) is 5.92 Å². The molecule has 0 bridgehead atoms. The summed E-state index contributed by atoms with van der Waals surface area (Å²) in [5.74, 6) is 1.60. The molecule has 112 valence electrons. The van der Waals surface area contributed by atoms with E-state index in [2.05, 4.69) is 22.1 Å². The average Bonchev–Trinajstić information content (AvgIpc) is 2.87. The predicted octanol–water partition coefficient (Wildman–Crippen LogP) is 3.87. The van der Waals surface area contributed by atoms with Gasteiger partial charge in [-0.1, -0.05) is 23.2 Å². The number of rotatable bonds is 3. The van der Waals surface area contributed by atoms with Gasteiger partial charge in [0.15, 0.2) is 0 Å². The van der Waals surface area contributed by atoms with Gasteiger partial charge in [-0.2, -0.15) is 5.10 Å². The zero-order valence-electron chi connectivity index (χ0n) is 11.8. The molecular formula is C16H14Cl2N4. The lowest BCUT2D eigenvalue weighted by atomic mass is 10.0. The van der Waals surface area contributed by atoms with Crippen LogP contribution in [0.1, 0.15) is 0 Å². The molecule has 0 spiro atoms. The molecule has 0 atom stereocenters. The van der Waals surface area contributed by atoms with Crippen molar-refractivity contribution in [3.05, 3.63) is 52.8 Å². The number of pyridine rings is 1. The molecule has 2 aromatic heterocycles. The molecule has 0 amide bonds. The van der Waals surface area contributed by atoms with E-state index in [-0.39, 0.29) is 0 Å². The monoisotopic (exact) mass is 332 g/mol. The van der Waals surface area contributed by atoms with Crippen molar-refractivity contribution in [2.45, 2.75) is 6.54 Å². The minimum Gasteiger partial charge on any atom is -0.356 e. The molecular weight excluding hydrogens is 319 g/mol. The van der Waals surface area contributed by atoms with Crippen molar-refractivity contribution in [1.29, 1.82) is 0 Å². The molecule has 3 aromatic rings. The summed E-state index contributed by atoms with van der Waals surface area (Å²) in [5.41, 5.74) is 0.976. The fourth-order valence-corrected chi connectivity index (χ4v) is 3.17. The summed E-state index contributed by atoms with van der Waals surface area (Å²) in [6.45, 7) is 2.87. The van der Waals surface area contributed by atoms with Crippen LogP contribution in [0.2, 0.25) is 10.0 Å². The summed E-state index contributed by atoms with van der Waals surface area (Å²) in [5, 5.41) is 6.72. The second-order valence-electron chi connectivity index (χ2n) is 5.66. The van der Waals surface area contributed by atoms with E-state index in [0.717, 1.165) is 41.4 Å². The highest BCUT2D eigenvalue weighted by Crippen LogP contribution is 2.27. The zero-order chi connectivity index (χ0) is 15.1. The number of hydrogen-bond donors (Lipinski definition) is 0. The first-order valence-corrected chi connectivity index (χ1v) is 7.92. The highest BCUT2D eigenvalue weighted by Gasteiger charge is 2.28. The van der Waals surface area contributed by atoms with Gasteiger partial charge in [0.25, 0.3) is 0 Å². The van der Waals surface area contributed by atoms with Gasteiger partial charge in [0.2, 0.25) is 0 Å². The Kier molecular flexibility index (Phi) is 3.43. The molecule has 6 heteroatoms. The fraction of sp³-hybridized carbons (Fsp3) is 0.250. The molecule has 0 aliphatic carbocycles. The highest BCUT2D eigenvalue weighted by atomic mass is 35.5. The van der Waals surface area contributed by atoms with Crippen LogP contribution in [-0.4, -0.2) is 27.9 Å². The maximum Gasteiger partial charge on any atom is 0.129 e. The second-order valence-corrected chi connectivity index (χ2v) is 6.53. The first-order valence-electron chi connectivity index (χ1n) is 7.16. The summed E-state index contributed by atoms with van der Waals surface area (Å²) in [6.07, 6.45) is 3.54. The van der Waals surface area contributed by atoms with Crippen LogP contribution in [0.3, 0.4) is 0 Å². The third-order valence-electron chi connectivity index (χ3n) is 3.96. The molecule has 1 aromatic carbocycles. The van der Waals surface area contributed by atoms with E-state index in [1.165, 1.54) is 0 Å². The molecule has 1 saturated heterocycles. The van der Waals surface area contributed by atoms with Crippen molar-refractivity contribution in [3.63, 3.8) is 0 Å². The number of hydrogen-bond acceptors (Lipinski definition) is 3. The van der Waals surface area contributed by atoms with Crippen LogP contribution < -0.4 is 4.90 Å². The number of fused-ring (bicyclic) bond motifs is 1. The molecule has 4 nitrogen and oxygen atoms in total. The molecule has 22 heavy (non-hydrogen) atoms. The lowest BCUT2D eigenvalue weighted by Gasteiger charge is -2.40. The summed E-state index contributed by atoms with van der Waals surface area (Å²) < 4.78 is 1.90. The van der Waals surface area contributed by atoms with E-state index >= 15 is 0 Å². The molecule has 0 saturated carbocycles. The minimum absolute atomic E-state index is 0.582. The molecule has 1 fully saturated rings. The Morgan fingerprint density at radius 3 is 2.73 bits per heavy atom. The van der Waals surface area contributed by atoms with E-state index in [0.29, 0.717) is 10.9 Å². The molecule has 0 N–H and O–H groups in total. The minimum atomic E-state index is 0.582. The van der Waals surface area contributed by atoms with Crippen LogP contribution in [0.4, 0.5) is 5.82 Å². The number of anilines is 1. The molecule has 1 aliphatic rings. The first kappa shape index (κ1) is 13.9. The van der Waals surface area contributed by atoms with E-state index in [4.69, 9.17) is 28.2 Å². The quantitative estimate of drug-likeness (QED) is 0.730. The van der Waals surface area contributed by atoms with Crippen molar-refractivity contribution in [1.82, 2.24) is 14.8 Å². The van der Waals surface area contributed by atoms with Crippen LogP contribution in [0.15, 0.2) is 42.7 Å². The lowest BCUT2D eigenvalue weighted by Crippen LogP contribution is -2.49. The van der Waals surface area contributed by atoms with E-state index in [1.54, 1.807) is 6.20 Å². The standard InChI is InChI=1S/C16H14Cl2N4/c17-13-2-3-15-12(5-13)1-4-16(20-15)21-7-11(8-21)9-22-10-14(18)6-19-22/h1-6,10-11H,7-9H2. The predicted molar refractivity (Wildman–Crippen MR) is 89.7 cm³/mol. The molecule has 4 rings (SSSR count). The smallest absolute Gasteiger partial charge is 0.129 e. The topological polar surface area (TPSA) is 34.0 Å². The highest BCUT2D eigenvalue weighted by molar-refractivity contribution is 6.31. The Hall–Kier alpha value is -1.78. The van der Waals surface area contributed by atoms with Gasteiger partial charge in [-0.25, -0.2) is 4.98 Å².